The summed E-state index contributed by atoms with van der Waals surface area (Å²) in [5, 5.41) is 9.03. The maximum Gasteiger partial charge on any atom is 0.394 e. The van der Waals surface area contributed by atoms with Gasteiger partial charge in [0.15, 0.2) is 0 Å². The van der Waals surface area contributed by atoms with E-state index in [-0.39, 0.29) is 11.1 Å². The van der Waals surface area contributed by atoms with Crippen LogP contribution in [0.5, 0.6) is 0 Å². The summed E-state index contributed by atoms with van der Waals surface area (Å²) in [6.45, 7) is -1.18. The van der Waals surface area contributed by atoms with Crippen molar-refractivity contribution in [2.75, 3.05) is 13.1 Å². The first-order valence-electron chi connectivity index (χ1n) is 7.07. The number of alkyl halides is 3. The summed E-state index contributed by atoms with van der Waals surface area (Å²) in [7, 11) is 0. The van der Waals surface area contributed by atoms with Crippen LogP contribution >= 0.6 is 0 Å². The molecule has 0 spiro atoms. The highest BCUT2D eigenvalue weighted by atomic mass is 19.4. The second kappa shape index (κ2) is 5.73. The highest BCUT2D eigenvalue weighted by molar-refractivity contribution is 6.04. The van der Waals surface area contributed by atoms with Crippen LogP contribution in [0.15, 0.2) is 30.6 Å². The minimum Gasteiger partial charge on any atom is -0.481 e. The lowest BCUT2D eigenvalue weighted by Gasteiger charge is -2.18. The normalized spacial score (nSPS) is 21.2. The van der Waals surface area contributed by atoms with E-state index >= 15 is 0 Å². The van der Waals surface area contributed by atoms with E-state index in [1.807, 2.05) is 0 Å². The van der Waals surface area contributed by atoms with Crippen LogP contribution < -0.4 is 0 Å². The number of hydrogen-bond acceptors (Lipinski definition) is 4. The number of para-hydroxylation sites is 1. The minimum absolute atomic E-state index is 0.104. The molecular weight excluding hydrogens is 327 g/mol. The quantitative estimate of drug-likeness (QED) is 0.904. The molecule has 0 saturated carbocycles. The Kier molecular flexibility index (Phi) is 3.86. The molecule has 126 valence electrons. The van der Waals surface area contributed by atoms with Gasteiger partial charge in [0.1, 0.15) is 5.52 Å². The van der Waals surface area contributed by atoms with E-state index in [2.05, 4.69) is 9.97 Å². The van der Waals surface area contributed by atoms with Crippen LogP contribution in [-0.4, -0.2) is 51.1 Å². The van der Waals surface area contributed by atoms with Gasteiger partial charge in [0.05, 0.1) is 22.9 Å². The van der Waals surface area contributed by atoms with Crippen molar-refractivity contribution in [3.8, 4) is 0 Å². The van der Waals surface area contributed by atoms with Crippen LogP contribution in [-0.2, 0) is 4.79 Å². The third-order valence-electron chi connectivity index (χ3n) is 4.07. The van der Waals surface area contributed by atoms with E-state index in [9.17, 15) is 22.8 Å². The third kappa shape index (κ3) is 2.77. The van der Waals surface area contributed by atoms with Gasteiger partial charge >= 0.3 is 12.1 Å². The fourth-order valence-corrected chi connectivity index (χ4v) is 2.89. The van der Waals surface area contributed by atoms with Gasteiger partial charge in [-0.2, -0.15) is 13.2 Å². The van der Waals surface area contributed by atoms with Crippen LogP contribution in [0.1, 0.15) is 10.4 Å². The number of aliphatic carboxylic acids is 1. The van der Waals surface area contributed by atoms with Crippen LogP contribution in [0.3, 0.4) is 0 Å². The largest absolute Gasteiger partial charge is 0.481 e. The Hall–Kier alpha value is -2.71. The maximum atomic E-state index is 13.0. The van der Waals surface area contributed by atoms with Crippen molar-refractivity contribution in [3.05, 3.63) is 36.2 Å². The number of nitrogens with zero attached hydrogens (tertiary/aromatic N) is 3. The molecule has 1 amide bonds. The molecule has 0 aliphatic carbocycles. The SMILES string of the molecule is O=C(O)[C@@H]1CN(C(=O)c2cccc3nccnc23)C[C@H]1C(F)(F)F. The molecule has 0 bridgehead atoms. The van der Waals surface area contributed by atoms with Gasteiger partial charge in [0, 0.05) is 25.5 Å². The Bertz CT molecular complexity index is 804. The van der Waals surface area contributed by atoms with Crippen LogP contribution in [0.4, 0.5) is 13.2 Å². The lowest BCUT2D eigenvalue weighted by molar-refractivity contribution is -0.187. The van der Waals surface area contributed by atoms with Crippen molar-refractivity contribution in [2.45, 2.75) is 6.18 Å². The van der Waals surface area contributed by atoms with Crippen molar-refractivity contribution in [1.82, 2.24) is 14.9 Å². The number of likely N-dealkylation sites (tertiary alicyclic amines) is 1. The topological polar surface area (TPSA) is 83.4 Å². The standard InChI is InChI=1S/C15H12F3N3O3/c16-15(17,18)10-7-21(6-9(10)14(23)24)13(22)8-2-1-3-11-12(8)20-5-4-19-11/h1-5,9-10H,6-7H2,(H,23,24)/t9-,10-/m1/s1. The summed E-state index contributed by atoms with van der Waals surface area (Å²) >= 11 is 0. The first kappa shape index (κ1) is 16.2. The fraction of sp³-hybridized carbons (Fsp3) is 0.333. The average Bonchev–Trinajstić information content (AvgIpc) is 2.99. The summed E-state index contributed by atoms with van der Waals surface area (Å²) < 4.78 is 39.1. The molecule has 9 heteroatoms. The van der Waals surface area contributed by atoms with Gasteiger partial charge in [-0.3, -0.25) is 19.6 Å². The third-order valence-corrected chi connectivity index (χ3v) is 4.07. The van der Waals surface area contributed by atoms with E-state index < -0.39 is 43.0 Å². The van der Waals surface area contributed by atoms with Crippen LogP contribution in [0, 0.1) is 11.8 Å². The fourth-order valence-electron chi connectivity index (χ4n) is 2.89. The molecule has 1 aromatic carbocycles. The van der Waals surface area contributed by atoms with Gasteiger partial charge < -0.3 is 10.0 Å². The number of fused-ring (bicyclic) bond motifs is 1. The van der Waals surface area contributed by atoms with Gasteiger partial charge in [0.25, 0.3) is 5.91 Å². The maximum absolute atomic E-state index is 13.0. The molecule has 3 rings (SSSR count). The highest BCUT2D eigenvalue weighted by Crippen LogP contribution is 2.38. The van der Waals surface area contributed by atoms with E-state index in [0.717, 1.165) is 4.90 Å². The lowest BCUT2D eigenvalue weighted by Crippen LogP contribution is -2.34. The molecule has 2 heterocycles. The zero-order chi connectivity index (χ0) is 17.5. The second-order valence-corrected chi connectivity index (χ2v) is 5.53. The number of rotatable bonds is 2. The first-order chi connectivity index (χ1) is 11.3. The molecule has 1 aromatic heterocycles. The van der Waals surface area contributed by atoms with Crippen molar-refractivity contribution >= 4 is 22.9 Å². The first-order valence-corrected chi connectivity index (χ1v) is 7.07. The predicted octanol–water partition coefficient (Wildman–Crippen LogP) is 1.96. The Balaban J connectivity index is 1.94. The molecule has 2 atom stereocenters. The van der Waals surface area contributed by atoms with Gasteiger partial charge in [-0.15, -0.1) is 0 Å². The summed E-state index contributed by atoms with van der Waals surface area (Å²) in [5.41, 5.74) is 0.810. The molecule has 1 N–H and O–H groups in total. The summed E-state index contributed by atoms with van der Waals surface area (Å²) in [6.07, 6.45) is -1.87. The van der Waals surface area contributed by atoms with E-state index in [0.29, 0.717) is 5.52 Å². The zero-order valence-corrected chi connectivity index (χ0v) is 12.2. The van der Waals surface area contributed by atoms with Gasteiger partial charge in [-0.25, -0.2) is 0 Å². The van der Waals surface area contributed by atoms with E-state index in [1.165, 1.54) is 18.5 Å². The number of halogens is 3. The van der Waals surface area contributed by atoms with E-state index in [1.54, 1.807) is 12.1 Å². The Morgan fingerprint density at radius 3 is 2.50 bits per heavy atom. The number of carboxylic acids is 1. The Morgan fingerprint density at radius 1 is 1.17 bits per heavy atom. The molecular formula is C15H12F3N3O3. The summed E-state index contributed by atoms with van der Waals surface area (Å²) in [4.78, 5) is 32.7. The van der Waals surface area contributed by atoms with Crippen molar-refractivity contribution in [3.63, 3.8) is 0 Å². The smallest absolute Gasteiger partial charge is 0.394 e. The second-order valence-electron chi connectivity index (χ2n) is 5.53. The summed E-state index contributed by atoms with van der Waals surface area (Å²) in [5.74, 6) is -6.00. The number of carbonyl (C=O) groups is 2. The molecule has 1 saturated heterocycles. The molecule has 0 unspecified atom stereocenters. The minimum atomic E-state index is -4.68. The van der Waals surface area contributed by atoms with Gasteiger partial charge in [0.2, 0.25) is 0 Å². The molecule has 2 aromatic rings. The molecule has 1 aliphatic rings. The monoisotopic (exact) mass is 339 g/mol. The van der Waals surface area contributed by atoms with Crippen molar-refractivity contribution < 1.29 is 27.9 Å². The molecule has 24 heavy (non-hydrogen) atoms. The number of hydrogen-bond donors (Lipinski definition) is 1. The number of benzene rings is 1. The number of aromatic nitrogens is 2. The van der Waals surface area contributed by atoms with Crippen LogP contribution in [0.25, 0.3) is 11.0 Å². The average molecular weight is 339 g/mol. The Labute approximate surface area is 133 Å². The molecule has 1 aliphatic heterocycles. The summed E-state index contributed by atoms with van der Waals surface area (Å²) in [6, 6.07) is 4.62. The number of carbonyl (C=O) groups excluding carboxylic acids is 1. The number of carboxylic acid groups (broad SMARTS) is 1. The van der Waals surface area contributed by atoms with Crippen LogP contribution in [0.2, 0.25) is 0 Å². The van der Waals surface area contributed by atoms with E-state index in [4.69, 9.17) is 5.11 Å². The zero-order valence-electron chi connectivity index (χ0n) is 12.2. The Morgan fingerprint density at radius 2 is 1.88 bits per heavy atom. The molecule has 0 radical (unpaired) electrons. The van der Waals surface area contributed by atoms with Crippen molar-refractivity contribution in [2.24, 2.45) is 11.8 Å². The lowest BCUT2D eigenvalue weighted by atomic mass is 9.96. The molecule has 6 nitrogen and oxygen atoms in total. The van der Waals surface area contributed by atoms with Crippen molar-refractivity contribution in [1.29, 1.82) is 0 Å². The number of amides is 1. The van der Waals surface area contributed by atoms with Gasteiger partial charge in [-0.05, 0) is 12.1 Å². The van der Waals surface area contributed by atoms with Gasteiger partial charge in [-0.1, -0.05) is 6.07 Å². The molecule has 1 fully saturated rings. The predicted molar refractivity (Wildman–Crippen MR) is 76.1 cm³/mol. The highest BCUT2D eigenvalue weighted by Gasteiger charge is 2.53.